The molecule has 0 atom stereocenters. The van der Waals surface area contributed by atoms with Crippen molar-refractivity contribution >= 4 is 8.07 Å². The van der Waals surface area contributed by atoms with Gasteiger partial charge in [0, 0.05) is 5.57 Å². The number of hydrogen-bond acceptors (Lipinski definition) is 0. The number of hydrogen-bond donors (Lipinski definition) is 0. The maximum absolute atomic E-state index is 3.51. The summed E-state index contributed by atoms with van der Waals surface area (Å²) in [5.41, 5.74) is 6.78. The second kappa shape index (κ2) is 4.18. The van der Waals surface area contributed by atoms with Gasteiger partial charge >= 0.3 is 0 Å². The Morgan fingerprint density at radius 1 is 1.20 bits per heavy atom. The summed E-state index contributed by atoms with van der Waals surface area (Å²) in [7, 11) is -1.23. The lowest BCUT2D eigenvalue weighted by Gasteiger charge is -2.31. The van der Waals surface area contributed by atoms with Gasteiger partial charge in [0.2, 0.25) is 0 Å². The van der Waals surface area contributed by atoms with Crippen molar-refractivity contribution in [2.45, 2.75) is 59.7 Å². The van der Waals surface area contributed by atoms with Gasteiger partial charge in [-0.15, -0.1) is 5.54 Å². The Morgan fingerprint density at radius 2 is 1.80 bits per heavy atom. The molecule has 0 fully saturated rings. The molecule has 0 amide bonds. The normalized spacial score (nSPS) is 20.9. The summed E-state index contributed by atoms with van der Waals surface area (Å²) in [6, 6.07) is 0. The van der Waals surface area contributed by atoms with Gasteiger partial charge in [0.25, 0.3) is 0 Å². The smallest absolute Gasteiger partial charge is 0.127 e. The minimum absolute atomic E-state index is 0.314. The predicted octanol–water partition coefficient (Wildman–Crippen LogP) is 4.39. The predicted molar refractivity (Wildman–Crippen MR) is 71.5 cm³/mol. The van der Waals surface area contributed by atoms with Crippen molar-refractivity contribution in [3.05, 3.63) is 11.1 Å². The summed E-state index contributed by atoms with van der Waals surface area (Å²) in [5.74, 6) is 3.49. The van der Waals surface area contributed by atoms with Crippen LogP contribution < -0.4 is 0 Å². The van der Waals surface area contributed by atoms with Gasteiger partial charge in [0.1, 0.15) is 8.07 Å². The molecule has 84 valence electrons. The molecule has 1 rings (SSSR count). The molecular weight excluding hydrogens is 196 g/mol. The van der Waals surface area contributed by atoms with E-state index in [0.717, 1.165) is 0 Å². The van der Waals surface area contributed by atoms with Gasteiger partial charge in [-0.3, -0.25) is 0 Å². The molecule has 0 aromatic carbocycles. The number of rotatable bonds is 0. The van der Waals surface area contributed by atoms with Gasteiger partial charge in [-0.1, -0.05) is 45.0 Å². The Balaban J connectivity index is 3.04. The van der Waals surface area contributed by atoms with Crippen LogP contribution >= 0.6 is 0 Å². The van der Waals surface area contributed by atoms with E-state index < -0.39 is 8.07 Å². The summed E-state index contributed by atoms with van der Waals surface area (Å²) in [5, 5.41) is 0. The van der Waals surface area contributed by atoms with E-state index in [1.807, 2.05) is 0 Å². The van der Waals surface area contributed by atoms with Crippen molar-refractivity contribution in [2.24, 2.45) is 5.41 Å². The standard InChI is InChI=1S/C14H24Si/c1-12-8-7-10-14(2,3)13(12)9-11-15(4,5)6/h7-8,10H2,1-6H3. The van der Waals surface area contributed by atoms with Gasteiger partial charge < -0.3 is 0 Å². The molecule has 1 heteroatoms. The van der Waals surface area contributed by atoms with E-state index in [1.165, 1.54) is 30.4 Å². The van der Waals surface area contributed by atoms with Crippen LogP contribution in [0.1, 0.15) is 40.0 Å². The van der Waals surface area contributed by atoms with Crippen LogP contribution in [0, 0.1) is 16.9 Å². The van der Waals surface area contributed by atoms with Crippen LogP contribution in [0.5, 0.6) is 0 Å². The second-order valence-electron chi connectivity index (χ2n) is 6.39. The summed E-state index contributed by atoms with van der Waals surface area (Å²) in [4.78, 5) is 0. The van der Waals surface area contributed by atoms with E-state index in [1.54, 1.807) is 0 Å². The van der Waals surface area contributed by atoms with E-state index in [0.29, 0.717) is 5.41 Å². The molecule has 0 radical (unpaired) electrons. The quantitative estimate of drug-likeness (QED) is 0.419. The third kappa shape index (κ3) is 3.54. The fourth-order valence-corrected chi connectivity index (χ4v) is 2.65. The summed E-state index contributed by atoms with van der Waals surface area (Å²) < 4.78 is 0. The number of allylic oxidation sites excluding steroid dienone is 2. The van der Waals surface area contributed by atoms with Crippen LogP contribution in [0.2, 0.25) is 19.6 Å². The largest absolute Gasteiger partial charge is 0.129 e. The molecule has 0 aromatic rings. The minimum Gasteiger partial charge on any atom is -0.127 e. The zero-order valence-corrected chi connectivity index (χ0v) is 12.1. The lowest BCUT2D eigenvalue weighted by Crippen LogP contribution is -2.21. The molecule has 0 aromatic heterocycles. The maximum atomic E-state index is 3.51. The van der Waals surface area contributed by atoms with E-state index in [2.05, 4.69) is 51.9 Å². The molecule has 1 aliphatic carbocycles. The van der Waals surface area contributed by atoms with Crippen molar-refractivity contribution in [3.8, 4) is 11.5 Å². The lowest BCUT2D eigenvalue weighted by atomic mass is 9.73. The molecule has 0 nitrogen and oxygen atoms in total. The molecule has 0 saturated carbocycles. The van der Waals surface area contributed by atoms with Crippen molar-refractivity contribution in [2.75, 3.05) is 0 Å². The van der Waals surface area contributed by atoms with Crippen molar-refractivity contribution in [1.82, 2.24) is 0 Å². The first-order chi connectivity index (χ1) is 6.72. The first-order valence-corrected chi connectivity index (χ1v) is 9.46. The van der Waals surface area contributed by atoms with Crippen LogP contribution in [-0.4, -0.2) is 8.07 Å². The van der Waals surface area contributed by atoms with Gasteiger partial charge in [-0.2, -0.15) is 0 Å². The first-order valence-electron chi connectivity index (χ1n) is 5.96. The molecule has 0 aliphatic heterocycles. The van der Waals surface area contributed by atoms with Gasteiger partial charge in [0.05, 0.1) is 0 Å². The van der Waals surface area contributed by atoms with Gasteiger partial charge in [-0.05, 0) is 31.6 Å². The molecule has 0 saturated heterocycles. The highest BCUT2D eigenvalue weighted by Gasteiger charge is 2.27. The van der Waals surface area contributed by atoms with E-state index in [4.69, 9.17) is 0 Å². The van der Waals surface area contributed by atoms with E-state index in [9.17, 15) is 0 Å². The highest BCUT2D eigenvalue weighted by molar-refractivity contribution is 6.83. The highest BCUT2D eigenvalue weighted by Crippen LogP contribution is 2.39. The molecule has 0 N–H and O–H groups in total. The molecule has 0 unspecified atom stereocenters. The Labute approximate surface area is 96.2 Å². The van der Waals surface area contributed by atoms with Crippen LogP contribution in [0.15, 0.2) is 11.1 Å². The van der Waals surface area contributed by atoms with Gasteiger partial charge in [0.15, 0.2) is 0 Å². The Morgan fingerprint density at radius 3 is 2.27 bits per heavy atom. The Hall–Kier alpha value is -0.483. The van der Waals surface area contributed by atoms with Crippen LogP contribution in [0.3, 0.4) is 0 Å². The average molecular weight is 220 g/mol. The molecule has 0 heterocycles. The summed E-state index contributed by atoms with van der Waals surface area (Å²) >= 11 is 0. The van der Waals surface area contributed by atoms with Gasteiger partial charge in [-0.25, -0.2) is 0 Å². The zero-order valence-electron chi connectivity index (χ0n) is 11.1. The molecule has 0 bridgehead atoms. The Bertz CT molecular complexity index is 329. The average Bonchev–Trinajstić information content (AvgIpc) is 1.99. The van der Waals surface area contributed by atoms with Crippen LogP contribution in [-0.2, 0) is 0 Å². The molecule has 1 aliphatic rings. The lowest BCUT2D eigenvalue weighted by molar-refractivity contribution is 0.380. The SMILES string of the molecule is CC1=C(C#C[Si](C)(C)C)C(C)(C)CCC1. The van der Waals surface area contributed by atoms with E-state index in [-0.39, 0.29) is 0 Å². The zero-order chi connectivity index (χ0) is 11.7. The first kappa shape index (κ1) is 12.6. The van der Waals surface area contributed by atoms with Crippen molar-refractivity contribution in [1.29, 1.82) is 0 Å². The third-order valence-corrected chi connectivity index (χ3v) is 3.89. The topological polar surface area (TPSA) is 0 Å². The third-order valence-electron chi connectivity index (χ3n) is 3.02. The van der Waals surface area contributed by atoms with Crippen LogP contribution in [0.4, 0.5) is 0 Å². The van der Waals surface area contributed by atoms with E-state index >= 15 is 0 Å². The fourth-order valence-electron chi connectivity index (χ4n) is 2.15. The maximum Gasteiger partial charge on any atom is 0.129 e. The Kier molecular flexibility index (Phi) is 3.50. The van der Waals surface area contributed by atoms with Crippen LogP contribution in [0.25, 0.3) is 0 Å². The summed E-state index contributed by atoms with van der Waals surface area (Å²) in [6.07, 6.45) is 3.87. The molecule has 15 heavy (non-hydrogen) atoms. The molecular formula is C14H24Si. The highest BCUT2D eigenvalue weighted by atomic mass is 28.3. The molecule has 0 spiro atoms. The van der Waals surface area contributed by atoms with Crippen molar-refractivity contribution < 1.29 is 0 Å². The minimum atomic E-state index is -1.23. The monoisotopic (exact) mass is 220 g/mol. The fraction of sp³-hybridized carbons (Fsp3) is 0.714. The second-order valence-corrected chi connectivity index (χ2v) is 11.1. The summed E-state index contributed by atoms with van der Waals surface area (Å²) in [6.45, 7) is 13.9. The van der Waals surface area contributed by atoms with Crippen molar-refractivity contribution in [3.63, 3.8) is 0 Å².